The molecule has 1 aliphatic carbocycles. The van der Waals surface area contributed by atoms with Crippen molar-refractivity contribution in [2.75, 3.05) is 26.2 Å². The smallest absolute Gasteiger partial charge is 0.253 e. The summed E-state index contributed by atoms with van der Waals surface area (Å²) in [6.07, 6.45) is 3.17. The summed E-state index contributed by atoms with van der Waals surface area (Å²) in [7, 11) is 0. The molecule has 2 atom stereocenters. The monoisotopic (exact) mass is 313 g/mol. The molecule has 0 radical (unpaired) electrons. The fourth-order valence-corrected chi connectivity index (χ4v) is 3.69. The number of piperazine rings is 1. The predicted molar refractivity (Wildman–Crippen MR) is 86.9 cm³/mol. The molecule has 1 saturated heterocycles. The van der Waals surface area contributed by atoms with Crippen LogP contribution in [-0.2, 0) is 6.42 Å². The van der Waals surface area contributed by atoms with Crippen LogP contribution in [0.3, 0.4) is 0 Å². The summed E-state index contributed by atoms with van der Waals surface area (Å²) >= 11 is 0. The summed E-state index contributed by atoms with van der Waals surface area (Å²) in [4.78, 5) is 16.8. The van der Waals surface area contributed by atoms with Gasteiger partial charge in [-0.15, -0.1) is 0 Å². The molecule has 1 amide bonds. The molecule has 23 heavy (non-hydrogen) atoms. The molecule has 0 bridgehead atoms. The van der Waals surface area contributed by atoms with Gasteiger partial charge in [0, 0.05) is 37.8 Å². The molecule has 0 aromatic heterocycles. The van der Waals surface area contributed by atoms with Crippen molar-refractivity contribution < 1.29 is 9.90 Å². The molecule has 2 fully saturated rings. The van der Waals surface area contributed by atoms with Crippen LogP contribution in [0.2, 0.25) is 0 Å². The van der Waals surface area contributed by atoms with Gasteiger partial charge in [0.1, 0.15) is 0 Å². The number of carbonyl (C=O) groups is 1. The van der Waals surface area contributed by atoms with Gasteiger partial charge in [-0.05, 0) is 37.0 Å². The van der Waals surface area contributed by atoms with E-state index in [1.54, 1.807) is 0 Å². The zero-order valence-electron chi connectivity index (χ0n) is 13.3. The predicted octanol–water partition coefficient (Wildman–Crippen LogP) is 1.42. The topological polar surface area (TPSA) is 67.6 Å². The average Bonchev–Trinajstić information content (AvgIpc) is 3.01. The van der Waals surface area contributed by atoms with Crippen LogP contribution in [0.4, 0.5) is 0 Å². The van der Waals surface area contributed by atoms with Crippen LogP contribution in [0.1, 0.15) is 35.2 Å². The highest BCUT2D eigenvalue weighted by Crippen LogP contribution is 2.25. The molecule has 2 unspecified atom stereocenters. The zero-order chi connectivity index (χ0) is 16.2. The number of aliphatic hydroxyl groups excluding tert-OH is 1. The van der Waals surface area contributed by atoms with Crippen molar-refractivity contribution in [2.45, 2.75) is 37.8 Å². The van der Waals surface area contributed by atoms with Crippen LogP contribution < -0.4 is 0 Å². The molecule has 5 heteroatoms. The number of amides is 1. The molecule has 1 aliphatic heterocycles. The fraction of sp³-hybridized carbons (Fsp3) is 0.556. The number of benzene rings is 1. The molecule has 3 rings (SSSR count). The van der Waals surface area contributed by atoms with Crippen LogP contribution in [-0.4, -0.2) is 59.1 Å². The Bertz CT molecular complexity index is 603. The fourth-order valence-electron chi connectivity index (χ4n) is 3.69. The Morgan fingerprint density at radius 2 is 2.04 bits per heavy atom. The molecule has 5 nitrogen and oxygen atoms in total. The van der Waals surface area contributed by atoms with E-state index >= 15 is 0 Å². The minimum Gasteiger partial charge on any atom is -0.391 e. The van der Waals surface area contributed by atoms with Gasteiger partial charge in [0.05, 0.1) is 18.6 Å². The molecule has 0 spiro atoms. The molecular weight excluding hydrogens is 290 g/mol. The summed E-state index contributed by atoms with van der Waals surface area (Å²) in [5.74, 6) is 0.0383. The Morgan fingerprint density at radius 3 is 2.70 bits per heavy atom. The van der Waals surface area contributed by atoms with E-state index in [1.165, 1.54) is 0 Å². The van der Waals surface area contributed by atoms with Crippen molar-refractivity contribution in [1.29, 1.82) is 5.26 Å². The van der Waals surface area contributed by atoms with Gasteiger partial charge in [0.25, 0.3) is 5.91 Å². The number of rotatable bonds is 3. The second-order valence-electron chi connectivity index (χ2n) is 6.43. The maximum atomic E-state index is 12.6. The lowest BCUT2D eigenvalue weighted by molar-refractivity contribution is 0.0315. The van der Waals surface area contributed by atoms with E-state index in [-0.39, 0.29) is 18.1 Å². The van der Waals surface area contributed by atoms with Crippen LogP contribution >= 0.6 is 0 Å². The number of carbonyl (C=O) groups excluding carboxylic acids is 1. The molecule has 2 aliphatic rings. The standard InChI is InChI=1S/C18H23N3O2/c19-8-7-14-3-1-4-15(13-14)18(23)21-11-9-20(10-12-21)16-5-2-6-17(16)22/h1,3-4,13,16-17,22H,2,5-7,9-12H2. The summed E-state index contributed by atoms with van der Waals surface area (Å²) in [5.41, 5.74) is 1.54. The maximum Gasteiger partial charge on any atom is 0.253 e. The van der Waals surface area contributed by atoms with E-state index in [0.717, 1.165) is 37.9 Å². The maximum absolute atomic E-state index is 12.6. The molecular formula is C18H23N3O2. The number of hydrogen-bond donors (Lipinski definition) is 1. The summed E-state index contributed by atoms with van der Waals surface area (Å²) in [6, 6.07) is 9.73. The Morgan fingerprint density at radius 1 is 1.26 bits per heavy atom. The quantitative estimate of drug-likeness (QED) is 0.916. The number of hydrogen-bond acceptors (Lipinski definition) is 4. The van der Waals surface area contributed by atoms with E-state index in [0.29, 0.717) is 25.1 Å². The van der Waals surface area contributed by atoms with E-state index < -0.39 is 0 Å². The molecule has 1 heterocycles. The first kappa shape index (κ1) is 16.0. The van der Waals surface area contributed by atoms with Gasteiger partial charge in [-0.2, -0.15) is 5.26 Å². The first-order valence-electron chi connectivity index (χ1n) is 8.36. The minimum atomic E-state index is -0.208. The molecule has 1 aromatic rings. The van der Waals surface area contributed by atoms with Gasteiger partial charge < -0.3 is 10.0 Å². The first-order valence-corrected chi connectivity index (χ1v) is 8.36. The molecule has 1 N–H and O–H groups in total. The third-order valence-corrected chi connectivity index (χ3v) is 4.97. The highest BCUT2D eigenvalue weighted by atomic mass is 16.3. The summed E-state index contributed by atoms with van der Waals surface area (Å²) in [5, 5.41) is 18.8. The SMILES string of the molecule is N#CCc1cccc(C(=O)N2CCN(C3CCCC3O)CC2)c1. The molecule has 122 valence electrons. The van der Waals surface area contributed by atoms with Gasteiger partial charge in [0.2, 0.25) is 0 Å². The Labute approximate surface area is 137 Å². The highest BCUT2D eigenvalue weighted by Gasteiger charge is 2.33. The zero-order valence-corrected chi connectivity index (χ0v) is 13.3. The lowest BCUT2D eigenvalue weighted by atomic mass is 10.1. The van der Waals surface area contributed by atoms with Crippen molar-refractivity contribution in [3.63, 3.8) is 0 Å². The van der Waals surface area contributed by atoms with Gasteiger partial charge in [0.15, 0.2) is 0 Å². The molecule has 1 aromatic carbocycles. The summed E-state index contributed by atoms with van der Waals surface area (Å²) < 4.78 is 0. The van der Waals surface area contributed by atoms with Gasteiger partial charge >= 0.3 is 0 Å². The van der Waals surface area contributed by atoms with Crippen molar-refractivity contribution in [3.8, 4) is 6.07 Å². The average molecular weight is 313 g/mol. The van der Waals surface area contributed by atoms with Gasteiger partial charge in [-0.1, -0.05) is 12.1 Å². The van der Waals surface area contributed by atoms with E-state index in [4.69, 9.17) is 5.26 Å². The summed E-state index contributed by atoms with van der Waals surface area (Å²) in [6.45, 7) is 3.05. The Hall–Kier alpha value is -1.90. The lowest BCUT2D eigenvalue weighted by Crippen LogP contribution is -2.53. The van der Waals surface area contributed by atoms with Crippen molar-refractivity contribution >= 4 is 5.91 Å². The van der Waals surface area contributed by atoms with Crippen LogP contribution in [0.15, 0.2) is 24.3 Å². The lowest BCUT2D eigenvalue weighted by Gasteiger charge is -2.39. The number of nitrogens with zero attached hydrogens (tertiary/aromatic N) is 3. The van der Waals surface area contributed by atoms with Gasteiger partial charge in [-0.25, -0.2) is 0 Å². The van der Waals surface area contributed by atoms with Gasteiger partial charge in [-0.3, -0.25) is 9.69 Å². The first-order chi connectivity index (χ1) is 11.2. The number of aliphatic hydroxyl groups is 1. The van der Waals surface area contributed by atoms with E-state index in [1.807, 2.05) is 29.2 Å². The second-order valence-corrected chi connectivity index (χ2v) is 6.43. The van der Waals surface area contributed by atoms with Crippen molar-refractivity contribution in [1.82, 2.24) is 9.80 Å². The third-order valence-electron chi connectivity index (χ3n) is 4.97. The van der Waals surface area contributed by atoms with Crippen LogP contribution in [0.25, 0.3) is 0 Å². The largest absolute Gasteiger partial charge is 0.391 e. The minimum absolute atomic E-state index is 0.0383. The number of nitriles is 1. The Balaban J connectivity index is 1.60. The van der Waals surface area contributed by atoms with E-state index in [9.17, 15) is 9.90 Å². The van der Waals surface area contributed by atoms with Crippen molar-refractivity contribution in [3.05, 3.63) is 35.4 Å². The second kappa shape index (κ2) is 7.12. The van der Waals surface area contributed by atoms with Crippen LogP contribution in [0, 0.1) is 11.3 Å². The normalized spacial score (nSPS) is 25.3. The highest BCUT2D eigenvalue weighted by molar-refractivity contribution is 5.94. The van der Waals surface area contributed by atoms with E-state index in [2.05, 4.69) is 11.0 Å². The van der Waals surface area contributed by atoms with Crippen LogP contribution in [0.5, 0.6) is 0 Å². The Kier molecular flexibility index (Phi) is 4.94. The third kappa shape index (κ3) is 3.54. The molecule has 1 saturated carbocycles. The van der Waals surface area contributed by atoms with Crippen molar-refractivity contribution in [2.24, 2.45) is 0 Å².